The van der Waals surface area contributed by atoms with Gasteiger partial charge >= 0.3 is 0 Å². The molecule has 0 heterocycles. The minimum absolute atomic E-state index is 0.180. The number of carbonyl (C=O) groups excluding carboxylic acids is 1. The normalized spacial score (nSPS) is 13.4. The molecule has 0 bridgehead atoms. The van der Waals surface area contributed by atoms with Gasteiger partial charge < -0.3 is 4.74 Å². The van der Waals surface area contributed by atoms with Crippen LogP contribution >= 0.6 is 0 Å². The number of Topliss-reactive ketones (excluding diaryl/α,β-unsaturated/α-hetero) is 1. The average molecular weight is 172 g/mol. The molecule has 0 saturated heterocycles. The number of rotatable bonds is 6. The third-order valence-corrected chi connectivity index (χ3v) is 1.98. The lowest BCUT2D eigenvalue weighted by molar-refractivity contribution is -0.122. The zero-order chi connectivity index (χ0) is 9.56. The number of ether oxygens (including phenoxy) is 1. The van der Waals surface area contributed by atoms with Crippen LogP contribution in [0.3, 0.4) is 0 Å². The van der Waals surface area contributed by atoms with Crippen molar-refractivity contribution in [2.75, 3.05) is 13.7 Å². The second kappa shape index (κ2) is 6.18. The van der Waals surface area contributed by atoms with Crippen LogP contribution in [0.15, 0.2) is 0 Å². The highest BCUT2D eigenvalue weighted by atomic mass is 16.5. The van der Waals surface area contributed by atoms with Gasteiger partial charge in [-0.05, 0) is 12.3 Å². The van der Waals surface area contributed by atoms with Crippen LogP contribution in [-0.2, 0) is 9.53 Å². The molecule has 1 unspecified atom stereocenters. The Labute approximate surface area is 75.3 Å². The molecule has 0 radical (unpaired) electrons. The molecule has 0 aromatic rings. The van der Waals surface area contributed by atoms with E-state index in [4.69, 9.17) is 4.74 Å². The Morgan fingerprint density at radius 2 is 1.92 bits per heavy atom. The maximum Gasteiger partial charge on any atom is 0.135 e. The zero-order valence-electron chi connectivity index (χ0n) is 8.59. The van der Waals surface area contributed by atoms with Crippen molar-refractivity contribution in [1.82, 2.24) is 0 Å². The van der Waals surface area contributed by atoms with Crippen molar-refractivity contribution < 1.29 is 9.53 Å². The highest BCUT2D eigenvalue weighted by molar-refractivity contribution is 5.80. The number of ketones is 1. The van der Waals surface area contributed by atoms with E-state index >= 15 is 0 Å². The molecule has 0 fully saturated rings. The second-order valence-electron chi connectivity index (χ2n) is 3.72. The average Bonchev–Trinajstić information content (AvgIpc) is 2.00. The van der Waals surface area contributed by atoms with Gasteiger partial charge in [-0.1, -0.05) is 20.8 Å². The van der Waals surface area contributed by atoms with E-state index in [0.29, 0.717) is 18.1 Å². The molecule has 2 nitrogen and oxygen atoms in total. The van der Waals surface area contributed by atoms with E-state index in [2.05, 4.69) is 6.92 Å². The minimum Gasteiger partial charge on any atom is -0.384 e. The monoisotopic (exact) mass is 172 g/mol. The van der Waals surface area contributed by atoms with Gasteiger partial charge in [0.25, 0.3) is 0 Å². The Bertz CT molecular complexity index is 130. The molecule has 0 aromatic carbocycles. The molecule has 72 valence electrons. The summed E-state index contributed by atoms with van der Waals surface area (Å²) in [6.45, 7) is 6.76. The number of carbonyl (C=O) groups is 1. The molecule has 0 aliphatic heterocycles. The van der Waals surface area contributed by atoms with Crippen LogP contribution in [0.4, 0.5) is 0 Å². The van der Waals surface area contributed by atoms with E-state index in [0.717, 1.165) is 13.0 Å². The molecular weight excluding hydrogens is 152 g/mol. The summed E-state index contributed by atoms with van der Waals surface area (Å²) in [5.41, 5.74) is 0. The first-order valence-electron chi connectivity index (χ1n) is 4.59. The van der Waals surface area contributed by atoms with Crippen LogP contribution in [0.2, 0.25) is 0 Å². The van der Waals surface area contributed by atoms with Gasteiger partial charge in [0.2, 0.25) is 0 Å². The lowest BCUT2D eigenvalue weighted by Crippen LogP contribution is -2.11. The molecule has 1 atom stereocenters. The first-order valence-corrected chi connectivity index (χ1v) is 4.59. The van der Waals surface area contributed by atoms with Crippen molar-refractivity contribution >= 4 is 5.78 Å². The maximum atomic E-state index is 11.2. The smallest absolute Gasteiger partial charge is 0.135 e. The maximum absolute atomic E-state index is 11.2. The van der Waals surface area contributed by atoms with E-state index < -0.39 is 0 Å². The number of hydrogen-bond acceptors (Lipinski definition) is 2. The lowest BCUT2D eigenvalue weighted by Gasteiger charge is -2.09. The second-order valence-corrected chi connectivity index (χ2v) is 3.72. The van der Waals surface area contributed by atoms with Gasteiger partial charge in [-0.25, -0.2) is 0 Å². The minimum atomic E-state index is 0.180. The lowest BCUT2D eigenvalue weighted by atomic mass is 9.99. The van der Waals surface area contributed by atoms with Crippen LogP contribution in [0.5, 0.6) is 0 Å². The fraction of sp³-hybridized carbons (Fsp3) is 0.900. The Balaban J connectivity index is 3.47. The molecule has 0 amide bonds. The SMILES string of the molecule is COCC(C)CCC(=O)C(C)C. The summed E-state index contributed by atoms with van der Waals surface area (Å²) < 4.78 is 4.99. The van der Waals surface area contributed by atoms with Crippen LogP contribution in [0.1, 0.15) is 33.6 Å². The summed E-state index contributed by atoms with van der Waals surface area (Å²) in [6.07, 6.45) is 1.65. The Kier molecular flexibility index (Phi) is 5.99. The summed E-state index contributed by atoms with van der Waals surface area (Å²) in [7, 11) is 1.70. The fourth-order valence-corrected chi connectivity index (χ4v) is 1.05. The standard InChI is InChI=1S/C10H20O2/c1-8(2)10(11)6-5-9(3)7-12-4/h8-9H,5-7H2,1-4H3. The van der Waals surface area contributed by atoms with Crippen molar-refractivity contribution in [3.8, 4) is 0 Å². The predicted octanol–water partition coefficient (Wildman–Crippen LogP) is 2.27. The van der Waals surface area contributed by atoms with Crippen molar-refractivity contribution in [2.45, 2.75) is 33.6 Å². The summed E-state index contributed by atoms with van der Waals surface area (Å²) in [5, 5.41) is 0. The quantitative estimate of drug-likeness (QED) is 0.614. The van der Waals surface area contributed by atoms with Gasteiger partial charge in [0.05, 0.1) is 0 Å². The molecule has 0 saturated carbocycles. The molecule has 0 N–H and O–H groups in total. The highest BCUT2D eigenvalue weighted by Crippen LogP contribution is 2.09. The van der Waals surface area contributed by atoms with E-state index in [1.165, 1.54) is 0 Å². The van der Waals surface area contributed by atoms with Crippen LogP contribution in [-0.4, -0.2) is 19.5 Å². The van der Waals surface area contributed by atoms with Crippen molar-refractivity contribution in [3.05, 3.63) is 0 Å². The van der Waals surface area contributed by atoms with Gasteiger partial charge in [-0.3, -0.25) is 4.79 Å². The molecule has 12 heavy (non-hydrogen) atoms. The van der Waals surface area contributed by atoms with E-state index in [1.54, 1.807) is 7.11 Å². The summed E-state index contributed by atoms with van der Waals surface area (Å²) >= 11 is 0. The van der Waals surface area contributed by atoms with Gasteiger partial charge in [-0.2, -0.15) is 0 Å². The van der Waals surface area contributed by atoms with Crippen molar-refractivity contribution in [3.63, 3.8) is 0 Å². The molecule has 0 aliphatic carbocycles. The molecule has 2 heteroatoms. The zero-order valence-corrected chi connectivity index (χ0v) is 8.59. The molecule has 0 aliphatic rings. The van der Waals surface area contributed by atoms with E-state index in [9.17, 15) is 4.79 Å². The van der Waals surface area contributed by atoms with Crippen molar-refractivity contribution in [1.29, 1.82) is 0 Å². The third kappa shape index (κ3) is 5.30. The highest BCUT2D eigenvalue weighted by Gasteiger charge is 2.09. The Hall–Kier alpha value is -0.370. The molecule has 0 aromatic heterocycles. The van der Waals surface area contributed by atoms with Gasteiger partial charge in [0, 0.05) is 26.1 Å². The van der Waals surface area contributed by atoms with E-state index in [1.807, 2.05) is 13.8 Å². The Morgan fingerprint density at radius 1 is 1.33 bits per heavy atom. The predicted molar refractivity (Wildman–Crippen MR) is 50.1 cm³/mol. The van der Waals surface area contributed by atoms with Gasteiger partial charge in [-0.15, -0.1) is 0 Å². The molecule has 0 rings (SSSR count). The summed E-state index contributed by atoms with van der Waals surface area (Å²) in [5.74, 6) is 1.04. The fourth-order valence-electron chi connectivity index (χ4n) is 1.05. The first kappa shape index (κ1) is 11.6. The largest absolute Gasteiger partial charge is 0.384 e. The molecular formula is C10H20O2. The van der Waals surface area contributed by atoms with Gasteiger partial charge in [0.15, 0.2) is 0 Å². The summed E-state index contributed by atoms with van der Waals surface area (Å²) in [6, 6.07) is 0. The number of hydrogen-bond donors (Lipinski definition) is 0. The van der Waals surface area contributed by atoms with Gasteiger partial charge in [0.1, 0.15) is 5.78 Å². The summed E-state index contributed by atoms with van der Waals surface area (Å²) in [4.78, 5) is 11.2. The Morgan fingerprint density at radius 3 is 2.33 bits per heavy atom. The topological polar surface area (TPSA) is 26.3 Å². The van der Waals surface area contributed by atoms with Crippen LogP contribution in [0.25, 0.3) is 0 Å². The third-order valence-electron chi connectivity index (χ3n) is 1.98. The van der Waals surface area contributed by atoms with Crippen LogP contribution < -0.4 is 0 Å². The van der Waals surface area contributed by atoms with Crippen molar-refractivity contribution in [2.24, 2.45) is 11.8 Å². The number of methoxy groups -OCH3 is 1. The van der Waals surface area contributed by atoms with Crippen LogP contribution in [0, 0.1) is 11.8 Å². The molecule has 0 spiro atoms. The van der Waals surface area contributed by atoms with E-state index in [-0.39, 0.29) is 5.92 Å². The first-order chi connectivity index (χ1) is 5.57.